The van der Waals surface area contributed by atoms with Gasteiger partial charge >= 0.3 is 0 Å². The Morgan fingerprint density at radius 2 is 2.10 bits per heavy atom. The predicted molar refractivity (Wildman–Crippen MR) is 35.4 cm³/mol. The Labute approximate surface area is 62.6 Å². The van der Waals surface area contributed by atoms with E-state index in [9.17, 15) is 13.6 Å². The summed E-state index contributed by atoms with van der Waals surface area (Å²) >= 11 is 3.66. The minimum atomic E-state index is -2.65. The third-order valence-electron chi connectivity index (χ3n) is 1.33. The fourth-order valence-electron chi connectivity index (χ4n) is 0.789. The van der Waals surface area contributed by atoms with Gasteiger partial charge in [-0.2, -0.15) is 12.6 Å². The van der Waals surface area contributed by atoms with Crippen molar-refractivity contribution >= 4 is 18.5 Å². The van der Waals surface area contributed by atoms with E-state index in [1.807, 2.05) is 0 Å². The van der Waals surface area contributed by atoms with Crippen molar-refractivity contribution in [1.29, 1.82) is 0 Å². The largest absolute Gasteiger partial charge is 0.330 e. The molecule has 1 rings (SSSR count). The van der Waals surface area contributed by atoms with Gasteiger partial charge in [-0.15, -0.1) is 0 Å². The number of nitrogens with zero attached hydrogens (tertiary/aromatic N) is 1. The molecule has 1 heterocycles. The number of likely N-dealkylation sites (tertiary alicyclic amines) is 1. The van der Waals surface area contributed by atoms with E-state index in [0.717, 1.165) is 4.90 Å². The molecule has 0 spiro atoms. The van der Waals surface area contributed by atoms with E-state index in [1.54, 1.807) is 0 Å². The maximum Gasteiger partial charge on any atom is 0.282 e. The molecule has 0 unspecified atom stereocenters. The van der Waals surface area contributed by atoms with Crippen molar-refractivity contribution in [3.05, 3.63) is 0 Å². The molecule has 0 bridgehead atoms. The van der Waals surface area contributed by atoms with Crippen LogP contribution in [-0.4, -0.2) is 35.6 Å². The van der Waals surface area contributed by atoms with Crippen molar-refractivity contribution in [2.45, 2.75) is 5.92 Å². The van der Waals surface area contributed by atoms with Crippen LogP contribution in [0, 0.1) is 0 Å². The van der Waals surface area contributed by atoms with Crippen LogP contribution in [0.25, 0.3) is 0 Å². The van der Waals surface area contributed by atoms with Crippen LogP contribution in [0.5, 0.6) is 0 Å². The van der Waals surface area contributed by atoms with Gasteiger partial charge in [-0.05, 0) is 0 Å². The number of hydrogen-bond donors (Lipinski definition) is 1. The van der Waals surface area contributed by atoms with Crippen LogP contribution in [0.1, 0.15) is 0 Å². The lowest BCUT2D eigenvalue weighted by Gasteiger charge is -2.38. The zero-order valence-electron chi connectivity index (χ0n) is 5.18. The van der Waals surface area contributed by atoms with Crippen molar-refractivity contribution in [2.75, 3.05) is 18.8 Å². The first-order chi connectivity index (χ1) is 4.55. The average Bonchev–Trinajstić information content (AvgIpc) is 1.81. The van der Waals surface area contributed by atoms with Gasteiger partial charge in [0.1, 0.15) is 0 Å². The van der Waals surface area contributed by atoms with Gasteiger partial charge in [0.2, 0.25) is 5.91 Å². The van der Waals surface area contributed by atoms with Gasteiger partial charge in [0.15, 0.2) is 0 Å². The van der Waals surface area contributed by atoms with Crippen LogP contribution < -0.4 is 0 Å². The van der Waals surface area contributed by atoms with Crippen LogP contribution in [0.3, 0.4) is 0 Å². The minimum absolute atomic E-state index is 0.01000. The van der Waals surface area contributed by atoms with Gasteiger partial charge in [-0.1, -0.05) is 0 Å². The van der Waals surface area contributed by atoms with Gasteiger partial charge < -0.3 is 4.90 Å². The van der Waals surface area contributed by atoms with Gasteiger partial charge in [0.25, 0.3) is 5.92 Å². The second kappa shape index (κ2) is 2.38. The number of halogens is 2. The molecule has 1 saturated heterocycles. The molecular weight excluding hydrogens is 160 g/mol. The predicted octanol–water partition coefficient (Wildman–Crippen LogP) is 0.394. The first-order valence-electron chi connectivity index (χ1n) is 2.82. The number of alkyl halides is 2. The Hall–Kier alpha value is -0.320. The first kappa shape index (κ1) is 7.78. The monoisotopic (exact) mass is 167 g/mol. The van der Waals surface area contributed by atoms with Crippen LogP contribution in [0.4, 0.5) is 8.78 Å². The van der Waals surface area contributed by atoms with Crippen molar-refractivity contribution in [3.8, 4) is 0 Å². The summed E-state index contributed by atoms with van der Waals surface area (Å²) in [5, 5.41) is 0. The van der Waals surface area contributed by atoms with Crippen LogP contribution >= 0.6 is 12.6 Å². The van der Waals surface area contributed by atoms with Crippen molar-refractivity contribution in [2.24, 2.45) is 0 Å². The average molecular weight is 167 g/mol. The molecule has 0 aromatic rings. The molecular formula is C5H7F2NOS. The molecule has 0 radical (unpaired) electrons. The fourth-order valence-corrected chi connectivity index (χ4v) is 0.989. The Morgan fingerprint density at radius 1 is 1.60 bits per heavy atom. The van der Waals surface area contributed by atoms with Gasteiger partial charge in [0, 0.05) is 0 Å². The molecule has 1 fully saturated rings. The molecule has 0 aromatic heterocycles. The normalized spacial score (nSPS) is 22.1. The Kier molecular flexibility index (Phi) is 1.85. The molecule has 0 atom stereocenters. The third kappa shape index (κ3) is 1.39. The summed E-state index contributed by atoms with van der Waals surface area (Å²) in [4.78, 5) is 11.7. The summed E-state index contributed by atoms with van der Waals surface area (Å²) in [5.74, 6) is -2.97. The maximum atomic E-state index is 12.1. The Balaban J connectivity index is 2.33. The quantitative estimate of drug-likeness (QED) is 0.560. The van der Waals surface area contributed by atoms with Crippen molar-refractivity contribution in [3.63, 3.8) is 0 Å². The molecule has 58 valence electrons. The lowest BCUT2D eigenvalue weighted by atomic mass is 10.1. The molecule has 5 heteroatoms. The molecule has 1 aliphatic rings. The second-order valence-electron chi connectivity index (χ2n) is 2.26. The van der Waals surface area contributed by atoms with Gasteiger partial charge in [0.05, 0.1) is 18.8 Å². The zero-order valence-corrected chi connectivity index (χ0v) is 6.07. The zero-order chi connectivity index (χ0) is 7.78. The Bertz CT molecular complexity index is 154. The summed E-state index contributed by atoms with van der Waals surface area (Å²) < 4.78 is 24.1. The summed E-state index contributed by atoms with van der Waals surface area (Å²) in [6.07, 6.45) is 0. The summed E-state index contributed by atoms with van der Waals surface area (Å²) in [6, 6.07) is 0. The molecule has 1 aliphatic heterocycles. The van der Waals surface area contributed by atoms with E-state index in [-0.39, 0.29) is 11.7 Å². The highest BCUT2D eigenvalue weighted by Crippen LogP contribution is 2.26. The Morgan fingerprint density at radius 3 is 2.40 bits per heavy atom. The SMILES string of the molecule is O=C(CS)N1CC(F)(F)C1. The number of amides is 1. The van der Waals surface area contributed by atoms with Crippen LogP contribution in [0.15, 0.2) is 0 Å². The molecule has 0 aromatic carbocycles. The van der Waals surface area contributed by atoms with Crippen LogP contribution in [0.2, 0.25) is 0 Å². The molecule has 0 N–H and O–H groups in total. The minimum Gasteiger partial charge on any atom is -0.330 e. The number of carbonyl (C=O) groups excluding carboxylic acids is 1. The van der Waals surface area contributed by atoms with E-state index in [4.69, 9.17) is 0 Å². The van der Waals surface area contributed by atoms with E-state index in [0.29, 0.717) is 0 Å². The molecule has 2 nitrogen and oxygen atoms in total. The van der Waals surface area contributed by atoms with Crippen molar-refractivity contribution < 1.29 is 13.6 Å². The third-order valence-corrected chi connectivity index (χ3v) is 1.60. The first-order valence-corrected chi connectivity index (χ1v) is 3.45. The van der Waals surface area contributed by atoms with E-state index < -0.39 is 19.0 Å². The summed E-state index contributed by atoms with van der Waals surface area (Å²) in [7, 11) is 0. The molecule has 10 heavy (non-hydrogen) atoms. The van der Waals surface area contributed by atoms with E-state index in [2.05, 4.69) is 12.6 Å². The van der Waals surface area contributed by atoms with Crippen molar-refractivity contribution in [1.82, 2.24) is 4.90 Å². The van der Waals surface area contributed by atoms with E-state index >= 15 is 0 Å². The van der Waals surface area contributed by atoms with Gasteiger partial charge in [-0.25, -0.2) is 8.78 Å². The number of thiol groups is 1. The maximum absolute atomic E-state index is 12.1. The van der Waals surface area contributed by atoms with Crippen LogP contribution in [-0.2, 0) is 4.79 Å². The fraction of sp³-hybridized carbons (Fsp3) is 0.800. The molecule has 0 aliphatic carbocycles. The topological polar surface area (TPSA) is 20.3 Å². The number of carbonyl (C=O) groups is 1. The highest BCUT2D eigenvalue weighted by atomic mass is 32.1. The molecule has 0 saturated carbocycles. The lowest BCUT2D eigenvalue weighted by Crippen LogP contribution is -2.58. The summed E-state index contributed by atoms with van der Waals surface area (Å²) in [6.45, 7) is -0.876. The smallest absolute Gasteiger partial charge is 0.282 e. The number of rotatable bonds is 1. The lowest BCUT2D eigenvalue weighted by molar-refractivity contribution is -0.163. The number of hydrogen-bond acceptors (Lipinski definition) is 2. The molecule has 1 amide bonds. The highest BCUT2D eigenvalue weighted by Gasteiger charge is 2.45. The second-order valence-corrected chi connectivity index (χ2v) is 2.58. The highest BCUT2D eigenvalue weighted by molar-refractivity contribution is 7.81. The van der Waals surface area contributed by atoms with E-state index in [1.165, 1.54) is 0 Å². The van der Waals surface area contributed by atoms with Gasteiger partial charge in [-0.3, -0.25) is 4.79 Å². The standard InChI is InChI=1S/C5H7F2NOS/c6-5(7)2-8(3-5)4(9)1-10/h10H,1-3H2. The summed E-state index contributed by atoms with van der Waals surface area (Å²) in [5.41, 5.74) is 0.